The Kier molecular flexibility index (Phi) is 3.92. The molecule has 3 unspecified atom stereocenters. The Bertz CT molecular complexity index is 489. The number of nitrogens with zero attached hydrogens (tertiary/aromatic N) is 2. The second kappa shape index (κ2) is 5.68. The van der Waals surface area contributed by atoms with Crippen LogP contribution in [0.15, 0.2) is 0 Å². The van der Waals surface area contributed by atoms with E-state index in [1.54, 1.807) is 0 Å². The van der Waals surface area contributed by atoms with E-state index >= 15 is 0 Å². The van der Waals surface area contributed by atoms with Crippen LogP contribution < -0.4 is 5.32 Å². The van der Waals surface area contributed by atoms with Gasteiger partial charge in [0.05, 0.1) is 12.2 Å². The van der Waals surface area contributed by atoms with Gasteiger partial charge in [0.2, 0.25) is 0 Å². The van der Waals surface area contributed by atoms with Crippen molar-refractivity contribution < 1.29 is 4.74 Å². The SMILES string of the molecule is CCCNc1nc(C2CC3CCC2O3)nc(CC)c1C. The maximum Gasteiger partial charge on any atom is 0.136 e. The molecule has 4 nitrogen and oxygen atoms in total. The molecule has 1 N–H and O–H groups in total. The molecule has 0 aromatic carbocycles. The van der Waals surface area contributed by atoms with Gasteiger partial charge in [-0.1, -0.05) is 13.8 Å². The first-order valence-corrected chi connectivity index (χ1v) is 7.99. The van der Waals surface area contributed by atoms with Crippen molar-refractivity contribution in [3.05, 3.63) is 17.1 Å². The van der Waals surface area contributed by atoms with Crippen molar-refractivity contribution >= 4 is 5.82 Å². The lowest BCUT2D eigenvalue weighted by atomic mass is 9.88. The molecule has 3 atom stereocenters. The van der Waals surface area contributed by atoms with Gasteiger partial charge in [-0.15, -0.1) is 0 Å². The molecule has 2 saturated heterocycles. The van der Waals surface area contributed by atoms with Gasteiger partial charge in [0, 0.05) is 23.7 Å². The zero-order valence-electron chi connectivity index (χ0n) is 12.8. The molecule has 2 fully saturated rings. The summed E-state index contributed by atoms with van der Waals surface area (Å²) in [5, 5.41) is 3.45. The molecule has 0 radical (unpaired) electrons. The molecule has 0 amide bonds. The fourth-order valence-electron chi connectivity index (χ4n) is 3.42. The van der Waals surface area contributed by atoms with Gasteiger partial charge in [0.25, 0.3) is 0 Å². The van der Waals surface area contributed by atoms with Crippen LogP contribution >= 0.6 is 0 Å². The lowest BCUT2D eigenvalue weighted by Gasteiger charge is -2.20. The molecule has 1 aromatic rings. The maximum absolute atomic E-state index is 5.96. The molecular weight excluding hydrogens is 250 g/mol. The summed E-state index contributed by atoms with van der Waals surface area (Å²) in [5.74, 6) is 2.43. The van der Waals surface area contributed by atoms with Gasteiger partial charge >= 0.3 is 0 Å². The largest absolute Gasteiger partial charge is 0.374 e. The molecular formula is C16H25N3O. The lowest BCUT2D eigenvalue weighted by molar-refractivity contribution is 0.0998. The Labute approximate surface area is 121 Å². The molecule has 0 aliphatic carbocycles. The Balaban J connectivity index is 1.90. The monoisotopic (exact) mass is 275 g/mol. The molecule has 3 rings (SSSR count). The van der Waals surface area contributed by atoms with Crippen LogP contribution in [0.1, 0.15) is 62.5 Å². The molecule has 2 bridgehead atoms. The van der Waals surface area contributed by atoms with Crippen molar-refractivity contribution in [2.24, 2.45) is 0 Å². The fraction of sp³-hybridized carbons (Fsp3) is 0.750. The first-order valence-electron chi connectivity index (χ1n) is 7.99. The van der Waals surface area contributed by atoms with E-state index in [-0.39, 0.29) is 0 Å². The van der Waals surface area contributed by atoms with Crippen LogP contribution in [0.25, 0.3) is 0 Å². The zero-order chi connectivity index (χ0) is 14.1. The Hall–Kier alpha value is -1.16. The van der Waals surface area contributed by atoms with Crippen molar-refractivity contribution in [2.45, 2.75) is 71.0 Å². The van der Waals surface area contributed by atoms with Crippen LogP contribution in [0.3, 0.4) is 0 Å². The summed E-state index contributed by atoms with van der Waals surface area (Å²) in [5.41, 5.74) is 2.38. The van der Waals surface area contributed by atoms with Crippen LogP contribution in [-0.2, 0) is 11.2 Å². The van der Waals surface area contributed by atoms with Crippen molar-refractivity contribution in [3.8, 4) is 0 Å². The molecule has 110 valence electrons. The normalized spacial score (nSPS) is 28.1. The number of aromatic nitrogens is 2. The number of nitrogens with one attached hydrogen (secondary N) is 1. The van der Waals surface area contributed by atoms with Crippen molar-refractivity contribution in [1.82, 2.24) is 9.97 Å². The molecule has 1 aromatic heterocycles. The summed E-state index contributed by atoms with van der Waals surface area (Å²) in [6, 6.07) is 0. The predicted molar refractivity (Wildman–Crippen MR) is 80.2 cm³/mol. The highest BCUT2D eigenvalue weighted by Crippen LogP contribution is 2.43. The minimum absolute atomic E-state index is 0.353. The average Bonchev–Trinajstić information content (AvgIpc) is 3.09. The average molecular weight is 275 g/mol. The number of ether oxygens (including phenoxy) is 1. The summed E-state index contributed by atoms with van der Waals surface area (Å²) in [4.78, 5) is 9.65. The third-order valence-corrected chi connectivity index (χ3v) is 4.58. The Morgan fingerprint density at radius 1 is 1.25 bits per heavy atom. The van der Waals surface area contributed by atoms with Gasteiger partial charge in [0.15, 0.2) is 0 Å². The second-order valence-corrected chi connectivity index (χ2v) is 6.00. The van der Waals surface area contributed by atoms with E-state index < -0.39 is 0 Å². The van der Waals surface area contributed by atoms with Gasteiger partial charge in [-0.05, 0) is 39.0 Å². The van der Waals surface area contributed by atoms with Gasteiger partial charge in [-0.25, -0.2) is 9.97 Å². The van der Waals surface area contributed by atoms with Crippen molar-refractivity contribution in [1.29, 1.82) is 0 Å². The predicted octanol–water partition coefficient (Wildman–Crippen LogP) is 3.20. The summed E-state index contributed by atoms with van der Waals surface area (Å²) >= 11 is 0. The second-order valence-electron chi connectivity index (χ2n) is 6.00. The van der Waals surface area contributed by atoms with E-state index in [4.69, 9.17) is 14.7 Å². The topological polar surface area (TPSA) is 47.0 Å². The van der Waals surface area contributed by atoms with E-state index in [1.807, 2.05) is 0 Å². The van der Waals surface area contributed by atoms with Crippen LogP contribution in [-0.4, -0.2) is 28.7 Å². The summed E-state index contributed by atoms with van der Waals surface area (Å²) in [7, 11) is 0. The van der Waals surface area contributed by atoms with Crippen molar-refractivity contribution in [3.63, 3.8) is 0 Å². The third-order valence-electron chi connectivity index (χ3n) is 4.58. The van der Waals surface area contributed by atoms with Gasteiger partial charge < -0.3 is 10.1 Å². The number of fused-ring (bicyclic) bond motifs is 2. The standard InChI is InChI=1S/C16H25N3O/c1-4-8-17-15-10(3)13(5-2)18-16(19-15)12-9-11-6-7-14(12)20-11/h11-12,14H,4-9H2,1-3H3,(H,17,18,19). The quantitative estimate of drug-likeness (QED) is 0.896. The number of anilines is 1. The van der Waals surface area contributed by atoms with E-state index in [9.17, 15) is 0 Å². The number of hydrogen-bond acceptors (Lipinski definition) is 4. The number of rotatable bonds is 5. The third kappa shape index (κ3) is 2.41. The Morgan fingerprint density at radius 2 is 2.10 bits per heavy atom. The van der Waals surface area contributed by atoms with Crippen molar-refractivity contribution in [2.75, 3.05) is 11.9 Å². The smallest absolute Gasteiger partial charge is 0.136 e. The summed E-state index contributed by atoms with van der Waals surface area (Å²) in [6.45, 7) is 7.43. The molecule has 3 heterocycles. The van der Waals surface area contributed by atoms with Crippen LogP contribution in [0.2, 0.25) is 0 Å². The maximum atomic E-state index is 5.96. The first-order chi connectivity index (χ1) is 9.72. The molecule has 0 saturated carbocycles. The molecule has 0 spiro atoms. The lowest BCUT2D eigenvalue weighted by Crippen LogP contribution is -2.19. The minimum Gasteiger partial charge on any atom is -0.374 e. The highest BCUT2D eigenvalue weighted by atomic mass is 16.5. The molecule has 20 heavy (non-hydrogen) atoms. The number of aryl methyl sites for hydroxylation is 1. The molecule has 4 heteroatoms. The van der Waals surface area contributed by atoms with Gasteiger partial charge in [-0.2, -0.15) is 0 Å². The van der Waals surface area contributed by atoms with Crippen LogP contribution in [0, 0.1) is 6.92 Å². The van der Waals surface area contributed by atoms with Crippen LogP contribution in [0.5, 0.6) is 0 Å². The van der Waals surface area contributed by atoms with E-state index in [0.29, 0.717) is 18.1 Å². The van der Waals surface area contributed by atoms with E-state index in [2.05, 4.69) is 26.1 Å². The number of hydrogen-bond donors (Lipinski definition) is 1. The summed E-state index contributed by atoms with van der Waals surface area (Å²) in [6.07, 6.45) is 6.37. The van der Waals surface area contributed by atoms with E-state index in [1.165, 1.54) is 24.1 Å². The first kappa shape index (κ1) is 13.8. The summed E-state index contributed by atoms with van der Waals surface area (Å²) < 4.78 is 5.96. The minimum atomic E-state index is 0.353. The van der Waals surface area contributed by atoms with Gasteiger partial charge in [-0.3, -0.25) is 0 Å². The van der Waals surface area contributed by atoms with Crippen LogP contribution in [0.4, 0.5) is 5.82 Å². The molecule has 2 aliphatic heterocycles. The zero-order valence-corrected chi connectivity index (χ0v) is 12.8. The highest BCUT2D eigenvalue weighted by Gasteiger charge is 2.43. The van der Waals surface area contributed by atoms with E-state index in [0.717, 1.165) is 37.4 Å². The highest BCUT2D eigenvalue weighted by molar-refractivity contribution is 5.46. The molecule has 2 aliphatic rings. The van der Waals surface area contributed by atoms with Gasteiger partial charge in [0.1, 0.15) is 11.6 Å². The Morgan fingerprint density at radius 3 is 2.70 bits per heavy atom. The fourth-order valence-corrected chi connectivity index (χ4v) is 3.42.